The number of nitrogens with one attached hydrogen (secondary N) is 1. The summed E-state index contributed by atoms with van der Waals surface area (Å²) < 4.78 is 0. The molecule has 1 saturated carbocycles. The highest BCUT2D eigenvalue weighted by molar-refractivity contribution is 5.75. The van der Waals surface area contributed by atoms with Gasteiger partial charge in [0.25, 0.3) is 0 Å². The minimum absolute atomic E-state index is 0.00174. The molecule has 0 spiro atoms. The van der Waals surface area contributed by atoms with E-state index in [1.807, 2.05) is 0 Å². The van der Waals surface area contributed by atoms with Crippen LogP contribution in [-0.2, 0) is 4.79 Å². The number of nitrogens with two attached hydrogens (primary N) is 1. The van der Waals surface area contributed by atoms with E-state index in [4.69, 9.17) is 5.73 Å². The molecule has 0 saturated heterocycles. The number of carbonyl (C=O) groups excluding carboxylic acids is 1. The molecular formula is C11H22N2O. The molecule has 1 aliphatic carbocycles. The predicted octanol–water partition coefficient (Wildman–Crippen LogP) is 1.56. The van der Waals surface area contributed by atoms with Crippen molar-refractivity contribution >= 4 is 5.91 Å². The average Bonchev–Trinajstić information content (AvgIpc) is 2.01. The lowest BCUT2D eigenvalue weighted by molar-refractivity contribution is -0.119. The maximum absolute atomic E-state index is 11.0. The molecule has 0 atom stereocenters. The van der Waals surface area contributed by atoms with Gasteiger partial charge in [-0.15, -0.1) is 0 Å². The van der Waals surface area contributed by atoms with E-state index in [0.717, 1.165) is 12.8 Å². The summed E-state index contributed by atoms with van der Waals surface area (Å²) in [7, 11) is 0. The molecule has 3 heteroatoms. The molecule has 1 aliphatic rings. The Labute approximate surface area is 86.4 Å². The molecule has 0 aromatic carbocycles. The molecule has 0 radical (unpaired) electrons. The lowest BCUT2D eigenvalue weighted by atomic mass is 9.78. The molecule has 3 nitrogen and oxygen atoms in total. The first-order valence-corrected chi connectivity index (χ1v) is 5.60. The Bertz CT molecular complexity index is 195. The fourth-order valence-corrected chi connectivity index (χ4v) is 2.55. The van der Waals surface area contributed by atoms with Crippen molar-refractivity contribution < 1.29 is 4.79 Å². The van der Waals surface area contributed by atoms with Crippen molar-refractivity contribution in [2.24, 2.45) is 5.73 Å². The van der Waals surface area contributed by atoms with E-state index in [2.05, 4.69) is 19.2 Å². The Hall–Kier alpha value is -0.570. The fourth-order valence-electron chi connectivity index (χ4n) is 2.55. The Kier molecular flexibility index (Phi) is 3.93. The van der Waals surface area contributed by atoms with Gasteiger partial charge in [0.1, 0.15) is 0 Å². The van der Waals surface area contributed by atoms with Crippen molar-refractivity contribution in [1.82, 2.24) is 5.32 Å². The zero-order valence-corrected chi connectivity index (χ0v) is 9.31. The summed E-state index contributed by atoms with van der Waals surface area (Å²) in [5.74, 6) is -0.181. The second-order valence-corrected chi connectivity index (χ2v) is 4.78. The SMILES string of the molecule is CC(C)NC1(CC(N)=O)CCCCC1. The first-order chi connectivity index (χ1) is 6.54. The van der Waals surface area contributed by atoms with Gasteiger partial charge in [0.15, 0.2) is 0 Å². The molecule has 1 amide bonds. The van der Waals surface area contributed by atoms with E-state index in [0.29, 0.717) is 12.5 Å². The third kappa shape index (κ3) is 3.29. The quantitative estimate of drug-likeness (QED) is 0.720. The summed E-state index contributed by atoms with van der Waals surface area (Å²) in [4.78, 5) is 11.0. The molecular weight excluding hydrogens is 176 g/mol. The lowest BCUT2D eigenvalue weighted by Gasteiger charge is -2.39. The predicted molar refractivity (Wildman–Crippen MR) is 57.9 cm³/mol. The van der Waals surface area contributed by atoms with Crippen LogP contribution < -0.4 is 11.1 Å². The minimum Gasteiger partial charge on any atom is -0.370 e. The average molecular weight is 198 g/mol. The molecule has 0 unspecified atom stereocenters. The van der Waals surface area contributed by atoms with Crippen LogP contribution in [0.4, 0.5) is 0 Å². The molecule has 82 valence electrons. The maximum atomic E-state index is 11.0. The van der Waals surface area contributed by atoms with Gasteiger partial charge in [-0.25, -0.2) is 0 Å². The van der Waals surface area contributed by atoms with E-state index in [-0.39, 0.29) is 11.4 Å². The van der Waals surface area contributed by atoms with Crippen molar-refractivity contribution in [2.75, 3.05) is 0 Å². The molecule has 1 fully saturated rings. The third-order valence-electron chi connectivity index (χ3n) is 2.92. The highest BCUT2D eigenvalue weighted by atomic mass is 16.1. The molecule has 0 heterocycles. The molecule has 1 rings (SSSR count). The van der Waals surface area contributed by atoms with Crippen molar-refractivity contribution in [3.63, 3.8) is 0 Å². The van der Waals surface area contributed by atoms with Crippen LogP contribution in [0.1, 0.15) is 52.4 Å². The number of amides is 1. The van der Waals surface area contributed by atoms with Gasteiger partial charge < -0.3 is 11.1 Å². The molecule has 3 N–H and O–H groups in total. The molecule has 0 aromatic heterocycles. The van der Waals surface area contributed by atoms with E-state index in [1.54, 1.807) is 0 Å². The normalized spacial score (nSPS) is 21.1. The van der Waals surface area contributed by atoms with Gasteiger partial charge in [-0.1, -0.05) is 33.1 Å². The summed E-state index contributed by atoms with van der Waals surface area (Å²) >= 11 is 0. The first kappa shape index (κ1) is 11.5. The van der Waals surface area contributed by atoms with Crippen molar-refractivity contribution in [3.8, 4) is 0 Å². The van der Waals surface area contributed by atoms with Gasteiger partial charge in [-0.05, 0) is 12.8 Å². The van der Waals surface area contributed by atoms with Crippen LogP contribution in [0.2, 0.25) is 0 Å². The van der Waals surface area contributed by atoms with E-state index >= 15 is 0 Å². The maximum Gasteiger partial charge on any atom is 0.219 e. The van der Waals surface area contributed by atoms with Gasteiger partial charge in [-0.2, -0.15) is 0 Å². The Morgan fingerprint density at radius 2 is 1.93 bits per heavy atom. The van der Waals surface area contributed by atoms with Crippen LogP contribution in [0.15, 0.2) is 0 Å². The highest BCUT2D eigenvalue weighted by Gasteiger charge is 2.33. The van der Waals surface area contributed by atoms with Gasteiger partial charge in [0.05, 0.1) is 0 Å². The van der Waals surface area contributed by atoms with E-state index < -0.39 is 0 Å². The number of hydrogen-bond acceptors (Lipinski definition) is 2. The van der Waals surface area contributed by atoms with Crippen LogP contribution in [0.3, 0.4) is 0 Å². The summed E-state index contributed by atoms with van der Waals surface area (Å²) in [6.45, 7) is 4.24. The van der Waals surface area contributed by atoms with Gasteiger partial charge in [-0.3, -0.25) is 4.79 Å². The Morgan fingerprint density at radius 1 is 1.36 bits per heavy atom. The monoisotopic (exact) mass is 198 g/mol. The standard InChI is InChI=1S/C11H22N2O/c1-9(2)13-11(8-10(12)14)6-4-3-5-7-11/h9,13H,3-8H2,1-2H3,(H2,12,14). The summed E-state index contributed by atoms with van der Waals surface area (Å²) in [5.41, 5.74) is 5.30. The summed E-state index contributed by atoms with van der Waals surface area (Å²) in [5, 5.41) is 3.53. The first-order valence-electron chi connectivity index (χ1n) is 5.60. The van der Waals surface area contributed by atoms with Gasteiger partial charge in [0, 0.05) is 18.0 Å². The fraction of sp³-hybridized carbons (Fsp3) is 0.909. The van der Waals surface area contributed by atoms with Crippen molar-refractivity contribution in [3.05, 3.63) is 0 Å². The van der Waals surface area contributed by atoms with Crippen LogP contribution in [0.5, 0.6) is 0 Å². The third-order valence-corrected chi connectivity index (χ3v) is 2.92. The Morgan fingerprint density at radius 3 is 2.36 bits per heavy atom. The van der Waals surface area contributed by atoms with Gasteiger partial charge >= 0.3 is 0 Å². The van der Waals surface area contributed by atoms with Crippen LogP contribution in [-0.4, -0.2) is 17.5 Å². The number of hydrogen-bond donors (Lipinski definition) is 2. The lowest BCUT2D eigenvalue weighted by Crippen LogP contribution is -2.52. The number of primary amides is 1. The Balaban J connectivity index is 2.61. The number of rotatable bonds is 4. The molecule has 14 heavy (non-hydrogen) atoms. The van der Waals surface area contributed by atoms with Crippen LogP contribution >= 0.6 is 0 Å². The zero-order chi connectivity index (χ0) is 10.6. The minimum atomic E-state index is -0.181. The van der Waals surface area contributed by atoms with E-state index in [1.165, 1.54) is 19.3 Å². The molecule has 0 aliphatic heterocycles. The van der Waals surface area contributed by atoms with Crippen LogP contribution in [0.25, 0.3) is 0 Å². The topological polar surface area (TPSA) is 55.1 Å². The molecule has 0 aromatic rings. The van der Waals surface area contributed by atoms with Crippen molar-refractivity contribution in [1.29, 1.82) is 0 Å². The van der Waals surface area contributed by atoms with Crippen molar-refractivity contribution in [2.45, 2.75) is 64.0 Å². The summed E-state index contributed by atoms with van der Waals surface area (Å²) in [6.07, 6.45) is 6.40. The second kappa shape index (κ2) is 4.78. The second-order valence-electron chi connectivity index (χ2n) is 4.78. The highest BCUT2D eigenvalue weighted by Crippen LogP contribution is 2.31. The van der Waals surface area contributed by atoms with Gasteiger partial charge in [0.2, 0.25) is 5.91 Å². The number of carbonyl (C=O) groups is 1. The van der Waals surface area contributed by atoms with E-state index in [9.17, 15) is 4.79 Å². The smallest absolute Gasteiger partial charge is 0.219 e. The largest absolute Gasteiger partial charge is 0.370 e. The van der Waals surface area contributed by atoms with Crippen LogP contribution in [0, 0.1) is 0 Å². The molecule has 0 bridgehead atoms. The zero-order valence-electron chi connectivity index (χ0n) is 9.31. The summed E-state index contributed by atoms with van der Waals surface area (Å²) in [6, 6.07) is 0.424.